The fraction of sp³-hybridized carbons (Fsp3) is 0.458. The zero-order chi connectivity index (χ0) is 20.2. The molecule has 1 amide bonds. The third kappa shape index (κ3) is 5.12. The number of ether oxygens (including phenoxy) is 1. The molecule has 2 fully saturated rings. The Morgan fingerprint density at radius 1 is 1.07 bits per heavy atom. The average molecular weight is 413 g/mol. The molecular formula is C24H29ClN2O2. The van der Waals surface area contributed by atoms with Crippen molar-refractivity contribution in [3.63, 3.8) is 0 Å². The quantitative estimate of drug-likeness (QED) is 0.641. The molecule has 0 aromatic heterocycles. The second-order valence-corrected chi connectivity index (χ2v) is 8.49. The predicted octanol–water partition coefficient (Wildman–Crippen LogP) is 5.01. The monoisotopic (exact) mass is 412 g/mol. The summed E-state index contributed by atoms with van der Waals surface area (Å²) >= 11 is 5.94. The molecule has 1 saturated heterocycles. The number of piperidine rings is 1. The van der Waals surface area contributed by atoms with Crippen LogP contribution in [0.15, 0.2) is 48.5 Å². The van der Waals surface area contributed by atoms with Gasteiger partial charge in [0.2, 0.25) is 0 Å². The van der Waals surface area contributed by atoms with Crippen LogP contribution < -0.4 is 4.74 Å². The topological polar surface area (TPSA) is 32.8 Å². The highest BCUT2D eigenvalue weighted by Gasteiger charge is 2.38. The number of amides is 1. The largest absolute Gasteiger partial charge is 0.489 e. The molecule has 0 radical (unpaired) electrons. The van der Waals surface area contributed by atoms with Crippen molar-refractivity contribution < 1.29 is 9.53 Å². The van der Waals surface area contributed by atoms with Crippen LogP contribution in [-0.2, 0) is 6.61 Å². The van der Waals surface area contributed by atoms with E-state index < -0.39 is 0 Å². The van der Waals surface area contributed by atoms with Crippen LogP contribution in [0.25, 0.3) is 0 Å². The van der Waals surface area contributed by atoms with Crippen LogP contribution >= 0.6 is 11.6 Å². The minimum Gasteiger partial charge on any atom is -0.489 e. The van der Waals surface area contributed by atoms with Gasteiger partial charge in [-0.15, -0.1) is 0 Å². The molecule has 1 heterocycles. The van der Waals surface area contributed by atoms with Gasteiger partial charge in [0, 0.05) is 35.8 Å². The van der Waals surface area contributed by atoms with Crippen LogP contribution in [0.5, 0.6) is 5.75 Å². The maximum atomic E-state index is 13.4. The molecule has 4 rings (SSSR count). The molecule has 2 aliphatic rings. The van der Waals surface area contributed by atoms with Gasteiger partial charge < -0.3 is 14.5 Å². The van der Waals surface area contributed by atoms with Crippen LogP contribution in [0, 0.1) is 0 Å². The smallest absolute Gasteiger partial charge is 0.254 e. The van der Waals surface area contributed by atoms with Crippen molar-refractivity contribution in [2.75, 3.05) is 19.6 Å². The van der Waals surface area contributed by atoms with E-state index in [0.717, 1.165) is 62.2 Å². The van der Waals surface area contributed by atoms with Crippen molar-refractivity contribution in [2.45, 2.75) is 51.3 Å². The van der Waals surface area contributed by atoms with Crippen molar-refractivity contribution in [3.8, 4) is 5.75 Å². The summed E-state index contributed by atoms with van der Waals surface area (Å²) in [6, 6.07) is 16.0. The highest BCUT2D eigenvalue weighted by molar-refractivity contribution is 6.30. The van der Waals surface area contributed by atoms with E-state index >= 15 is 0 Å². The maximum absolute atomic E-state index is 13.4. The van der Waals surface area contributed by atoms with E-state index in [0.29, 0.717) is 23.7 Å². The fourth-order valence-electron chi connectivity index (χ4n) is 4.11. The minimum atomic E-state index is 0.152. The lowest BCUT2D eigenvalue weighted by molar-refractivity contribution is 0.0554. The normalized spacial score (nSPS) is 17.9. The van der Waals surface area contributed by atoms with Gasteiger partial charge in [-0.2, -0.15) is 0 Å². The molecule has 29 heavy (non-hydrogen) atoms. The lowest BCUT2D eigenvalue weighted by Crippen LogP contribution is -2.48. The summed E-state index contributed by atoms with van der Waals surface area (Å²) in [5.41, 5.74) is 1.77. The molecule has 4 nitrogen and oxygen atoms in total. The van der Waals surface area contributed by atoms with Crippen molar-refractivity contribution >= 4 is 17.5 Å². The second-order valence-electron chi connectivity index (χ2n) is 8.05. The van der Waals surface area contributed by atoms with E-state index in [2.05, 4.69) is 16.7 Å². The van der Waals surface area contributed by atoms with Crippen LogP contribution in [0.3, 0.4) is 0 Å². The Morgan fingerprint density at radius 2 is 1.76 bits per heavy atom. The highest BCUT2D eigenvalue weighted by atomic mass is 35.5. The summed E-state index contributed by atoms with van der Waals surface area (Å²) in [6.45, 7) is 5.93. The number of likely N-dealkylation sites (tertiary alicyclic amines) is 1. The van der Waals surface area contributed by atoms with Crippen molar-refractivity contribution in [1.82, 2.24) is 9.80 Å². The molecule has 154 valence electrons. The SMILES string of the molecule is CCN1CCC(N(C(=O)c2cccc(OCc3ccc(Cl)cc3)c2)C2CC2)CC1. The summed E-state index contributed by atoms with van der Waals surface area (Å²) in [6.07, 6.45) is 4.41. The molecule has 0 unspecified atom stereocenters. The fourth-order valence-corrected chi connectivity index (χ4v) is 4.24. The van der Waals surface area contributed by atoms with E-state index in [9.17, 15) is 4.79 Å². The average Bonchev–Trinajstić information content (AvgIpc) is 3.59. The first-order valence-corrected chi connectivity index (χ1v) is 11.0. The molecule has 1 saturated carbocycles. The van der Waals surface area contributed by atoms with Gasteiger partial charge in [-0.3, -0.25) is 4.79 Å². The van der Waals surface area contributed by atoms with Gasteiger partial charge in [-0.05, 0) is 68.1 Å². The summed E-state index contributed by atoms with van der Waals surface area (Å²) in [4.78, 5) is 18.0. The van der Waals surface area contributed by atoms with Crippen LogP contribution in [0.4, 0.5) is 0 Å². The van der Waals surface area contributed by atoms with Gasteiger partial charge in [0.1, 0.15) is 12.4 Å². The number of nitrogens with zero attached hydrogens (tertiary/aromatic N) is 2. The first kappa shape index (κ1) is 20.2. The third-order valence-electron chi connectivity index (χ3n) is 5.97. The summed E-state index contributed by atoms with van der Waals surface area (Å²) in [5.74, 6) is 0.877. The Bertz CT molecular complexity index is 827. The van der Waals surface area contributed by atoms with Gasteiger partial charge in [0.25, 0.3) is 5.91 Å². The second kappa shape index (κ2) is 9.19. The molecule has 2 aromatic rings. The number of benzene rings is 2. The highest BCUT2D eigenvalue weighted by Crippen LogP contribution is 2.33. The van der Waals surface area contributed by atoms with Gasteiger partial charge in [0.05, 0.1) is 0 Å². The molecule has 5 heteroatoms. The first-order chi connectivity index (χ1) is 14.1. The Hall–Kier alpha value is -2.04. The van der Waals surface area contributed by atoms with Crippen molar-refractivity contribution in [2.24, 2.45) is 0 Å². The summed E-state index contributed by atoms with van der Waals surface area (Å²) in [7, 11) is 0. The number of halogens is 1. The number of carbonyl (C=O) groups is 1. The molecule has 0 atom stereocenters. The van der Waals surface area contributed by atoms with E-state index in [1.54, 1.807) is 0 Å². The summed E-state index contributed by atoms with van der Waals surface area (Å²) in [5, 5.41) is 0.714. The van der Waals surface area contributed by atoms with E-state index in [1.165, 1.54) is 0 Å². The van der Waals surface area contributed by atoms with Crippen LogP contribution in [-0.4, -0.2) is 47.4 Å². The molecule has 2 aromatic carbocycles. The summed E-state index contributed by atoms with van der Waals surface area (Å²) < 4.78 is 5.93. The van der Waals surface area contributed by atoms with Crippen molar-refractivity contribution in [3.05, 3.63) is 64.7 Å². The Labute approximate surface area is 178 Å². The minimum absolute atomic E-state index is 0.152. The molecular weight excluding hydrogens is 384 g/mol. The molecule has 1 aliphatic carbocycles. The number of carbonyl (C=O) groups excluding carboxylic acids is 1. The lowest BCUT2D eigenvalue weighted by atomic mass is 10.0. The lowest BCUT2D eigenvalue weighted by Gasteiger charge is -2.38. The Kier molecular flexibility index (Phi) is 6.41. The zero-order valence-corrected chi connectivity index (χ0v) is 17.8. The number of hydrogen-bond donors (Lipinski definition) is 0. The van der Waals surface area contributed by atoms with Gasteiger partial charge in [-0.1, -0.05) is 36.7 Å². The predicted molar refractivity (Wildman–Crippen MR) is 117 cm³/mol. The third-order valence-corrected chi connectivity index (χ3v) is 6.22. The van der Waals surface area contributed by atoms with E-state index in [1.807, 2.05) is 48.5 Å². The maximum Gasteiger partial charge on any atom is 0.254 e. The number of hydrogen-bond acceptors (Lipinski definition) is 3. The molecule has 0 bridgehead atoms. The zero-order valence-electron chi connectivity index (χ0n) is 17.0. The van der Waals surface area contributed by atoms with E-state index in [-0.39, 0.29) is 5.91 Å². The van der Waals surface area contributed by atoms with Gasteiger partial charge >= 0.3 is 0 Å². The van der Waals surface area contributed by atoms with Crippen LogP contribution in [0.1, 0.15) is 48.5 Å². The van der Waals surface area contributed by atoms with Gasteiger partial charge in [0.15, 0.2) is 0 Å². The van der Waals surface area contributed by atoms with E-state index in [4.69, 9.17) is 16.3 Å². The van der Waals surface area contributed by atoms with Crippen molar-refractivity contribution in [1.29, 1.82) is 0 Å². The Balaban J connectivity index is 1.43. The molecule has 0 N–H and O–H groups in total. The van der Waals surface area contributed by atoms with Gasteiger partial charge in [-0.25, -0.2) is 0 Å². The van der Waals surface area contributed by atoms with Crippen LogP contribution in [0.2, 0.25) is 5.02 Å². The molecule has 1 aliphatic heterocycles. The standard InChI is InChI=1S/C24H29ClN2O2/c1-2-26-14-12-22(13-15-26)27(21-10-11-21)24(28)19-4-3-5-23(16-19)29-17-18-6-8-20(25)9-7-18/h3-9,16,21-22H,2,10-15,17H2,1H3. The Morgan fingerprint density at radius 3 is 2.41 bits per heavy atom. The molecule has 0 spiro atoms. The number of rotatable bonds is 7. The first-order valence-electron chi connectivity index (χ1n) is 10.7.